The highest BCUT2D eigenvalue weighted by Crippen LogP contribution is 2.07. The Hall–Kier alpha value is -1.81. The van der Waals surface area contributed by atoms with E-state index in [1.807, 2.05) is 16.8 Å². The van der Waals surface area contributed by atoms with E-state index in [1.165, 1.54) is 0 Å². The number of carbonyl (C=O) groups is 1. The molecular formula is C12H12N2OS. The Morgan fingerprint density at radius 1 is 1.25 bits per heavy atom. The first-order valence-corrected chi connectivity index (χ1v) is 5.85. The molecule has 1 aromatic heterocycles. The quantitative estimate of drug-likeness (QED) is 0.797. The summed E-state index contributed by atoms with van der Waals surface area (Å²) >= 11 is 1.62. The predicted molar refractivity (Wildman–Crippen MR) is 66.3 cm³/mol. The van der Waals surface area contributed by atoms with Crippen molar-refractivity contribution >= 4 is 22.9 Å². The molecule has 0 aliphatic carbocycles. The Morgan fingerprint density at radius 2 is 2.00 bits per heavy atom. The third-order valence-electron chi connectivity index (χ3n) is 2.21. The molecule has 0 radical (unpaired) electrons. The van der Waals surface area contributed by atoms with Gasteiger partial charge >= 0.3 is 0 Å². The first-order valence-electron chi connectivity index (χ1n) is 4.90. The monoisotopic (exact) mass is 232 g/mol. The molecule has 0 fully saturated rings. The van der Waals surface area contributed by atoms with E-state index in [0.717, 1.165) is 5.56 Å². The van der Waals surface area contributed by atoms with E-state index >= 15 is 0 Å². The van der Waals surface area contributed by atoms with E-state index in [0.29, 0.717) is 17.8 Å². The molecule has 2 aromatic rings. The molecule has 0 aliphatic heterocycles. The number of anilines is 1. The fraction of sp³-hybridized carbons (Fsp3) is 0.0833. The largest absolute Gasteiger partial charge is 0.399 e. The van der Waals surface area contributed by atoms with Crippen LogP contribution in [0.5, 0.6) is 0 Å². The van der Waals surface area contributed by atoms with Crippen molar-refractivity contribution in [2.45, 2.75) is 6.54 Å². The zero-order valence-electron chi connectivity index (χ0n) is 8.64. The van der Waals surface area contributed by atoms with Gasteiger partial charge in [-0.05, 0) is 46.7 Å². The molecule has 0 bridgehead atoms. The third-order valence-corrected chi connectivity index (χ3v) is 2.94. The summed E-state index contributed by atoms with van der Waals surface area (Å²) in [5, 5.41) is 6.86. The van der Waals surface area contributed by atoms with Crippen LogP contribution in [0, 0.1) is 0 Å². The molecule has 0 saturated heterocycles. The van der Waals surface area contributed by atoms with Gasteiger partial charge in [0.2, 0.25) is 0 Å². The molecule has 1 aromatic carbocycles. The molecule has 82 valence electrons. The van der Waals surface area contributed by atoms with Crippen molar-refractivity contribution in [3.8, 4) is 0 Å². The lowest BCUT2D eigenvalue weighted by Crippen LogP contribution is -2.22. The molecule has 0 saturated carbocycles. The number of hydrogen-bond donors (Lipinski definition) is 2. The van der Waals surface area contributed by atoms with Crippen LogP contribution in [0.15, 0.2) is 41.1 Å². The van der Waals surface area contributed by atoms with Crippen LogP contribution in [-0.2, 0) is 6.54 Å². The minimum absolute atomic E-state index is 0.0776. The van der Waals surface area contributed by atoms with Gasteiger partial charge in [0.1, 0.15) is 0 Å². The maximum atomic E-state index is 11.7. The fourth-order valence-corrected chi connectivity index (χ4v) is 1.98. The van der Waals surface area contributed by atoms with E-state index in [2.05, 4.69) is 5.32 Å². The number of benzene rings is 1. The van der Waals surface area contributed by atoms with Crippen LogP contribution >= 0.6 is 11.3 Å². The maximum absolute atomic E-state index is 11.7. The number of nitrogens with one attached hydrogen (secondary N) is 1. The molecule has 0 aliphatic rings. The topological polar surface area (TPSA) is 55.1 Å². The van der Waals surface area contributed by atoms with Crippen molar-refractivity contribution in [2.24, 2.45) is 0 Å². The van der Waals surface area contributed by atoms with Crippen molar-refractivity contribution in [3.63, 3.8) is 0 Å². The summed E-state index contributed by atoms with van der Waals surface area (Å²) in [6.07, 6.45) is 0. The second-order valence-electron chi connectivity index (χ2n) is 3.44. The number of carbonyl (C=O) groups excluding carboxylic acids is 1. The van der Waals surface area contributed by atoms with Crippen LogP contribution < -0.4 is 11.1 Å². The summed E-state index contributed by atoms with van der Waals surface area (Å²) in [5.74, 6) is -0.0776. The van der Waals surface area contributed by atoms with Crippen molar-refractivity contribution < 1.29 is 4.79 Å². The van der Waals surface area contributed by atoms with Gasteiger partial charge in [0.25, 0.3) is 5.91 Å². The summed E-state index contributed by atoms with van der Waals surface area (Å²) in [6.45, 7) is 0.562. The summed E-state index contributed by atoms with van der Waals surface area (Å²) < 4.78 is 0. The van der Waals surface area contributed by atoms with E-state index in [9.17, 15) is 4.79 Å². The highest BCUT2D eigenvalue weighted by Gasteiger charge is 2.04. The van der Waals surface area contributed by atoms with Gasteiger partial charge in [-0.3, -0.25) is 4.79 Å². The van der Waals surface area contributed by atoms with Crippen LogP contribution in [-0.4, -0.2) is 5.91 Å². The molecule has 0 unspecified atom stereocenters. The van der Waals surface area contributed by atoms with Crippen molar-refractivity contribution in [3.05, 3.63) is 52.2 Å². The maximum Gasteiger partial charge on any atom is 0.251 e. The van der Waals surface area contributed by atoms with Gasteiger partial charge in [0.05, 0.1) is 0 Å². The normalized spacial score (nSPS) is 10.0. The van der Waals surface area contributed by atoms with Crippen LogP contribution in [0.1, 0.15) is 15.9 Å². The van der Waals surface area contributed by atoms with E-state index in [-0.39, 0.29) is 5.91 Å². The fourth-order valence-electron chi connectivity index (χ4n) is 1.31. The molecule has 1 heterocycles. The minimum Gasteiger partial charge on any atom is -0.399 e. The van der Waals surface area contributed by atoms with Gasteiger partial charge in [-0.1, -0.05) is 0 Å². The minimum atomic E-state index is -0.0776. The first-order chi connectivity index (χ1) is 7.75. The average Bonchev–Trinajstić information content (AvgIpc) is 2.80. The van der Waals surface area contributed by atoms with Crippen LogP contribution in [0.25, 0.3) is 0 Å². The lowest BCUT2D eigenvalue weighted by Gasteiger charge is -2.03. The molecule has 2 rings (SSSR count). The van der Waals surface area contributed by atoms with Crippen LogP contribution in [0.2, 0.25) is 0 Å². The van der Waals surface area contributed by atoms with Crippen molar-refractivity contribution in [2.75, 3.05) is 5.73 Å². The Kier molecular flexibility index (Phi) is 3.22. The summed E-state index contributed by atoms with van der Waals surface area (Å²) in [6, 6.07) is 8.88. The molecule has 0 spiro atoms. The lowest BCUT2D eigenvalue weighted by atomic mass is 10.2. The summed E-state index contributed by atoms with van der Waals surface area (Å²) in [7, 11) is 0. The van der Waals surface area contributed by atoms with Crippen LogP contribution in [0.3, 0.4) is 0 Å². The van der Waals surface area contributed by atoms with Crippen molar-refractivity contribution in [1.29, 1.82) is 0 Å². The molecule has 4 heteroatoms. The van der Waals surface area contributed by atoms with Gasteiger partial charge in [-0.25, -0.2) is 0 Å². The zero-order chi connectivity index (χ0) is 11.4. The number of thiophene rings is 1. The van der Waals surface area contributed by atoms with Crippen LogP contribution in [0.4, 0.5) is 5.69 Å². The van der Waals surface area contributed by atoms with Gasteiger partial charge in [0, 0.05) is 17.8 Å². The summed E-state index contributed by atoms with van der Waals surface area (Å²) in [4.78, 5) is 11.7. The highest BCUT2D eigenvalue weighted by molar-refractivity contribution is 7.07. The van der Waals surface area contributed by atoms with Gasteiger partial charge < -0.3 is 11.1 Å². The Bertz CT molecular complexity index is 462. The SMILES string of the molecule is Nc1ccc(C(=O)NCc2ccsc2)cc1. The number of nitrogens with two attached hydrogens (primary N) is 1. The van der Waals surface area contributed by atoms with Gasteiger partial charge in [-0.15, -0.1) is 0 Å². The standard InChI is InChI=1S/C12H12N2OS/c13-11-3-1-10(2-4-11)12(15)14-7-9-5-6-16-8-9/h1-6,8H,7,13H2,(H,14,15). The number of hydrogen-bond acceptors (Lipinski definition) is 3. The second kappa shape index (κ2) is 4.81. The average molecular weight is 232 g/mol. The number of rotatable bonds is 3. The van der Waals surface area contributed by atoms with Gasteiger partial charge in [0.15, 0.2) is 0 Å². The Labute approximate surface area is 97.9 Å². The molecule has 1 amide bonds. The molecule has 3 nitrogen and oxygen atoms in total. The highest BCUT2D eigenvalue weighted by atomic mass is 32.1. The first kappa shape index (κ1) is 10.7. The Balaban J connectivity index is 1.95. The molecule has 16 heavy (non-hydrogen) atoms. The number of nitrogen functional groups attached to an aromatic ring is 1. The van der Waals surface area contributed by atoms with E-state index in [4.69, 9.17) is 5.73 Å². The summed E-state index contributed by atoms with van der Waals surface area (Å²) in [5.41, 5.74) is 7.96. The zero-order valence-corrected chi connectivity index (χ0v) is 9.46. The number of amides is 1. The predicted octanol–water partition coefficient (Wildman–Crippen LogP) is 2.26. The van der Waals surface area contributed by atoms with Crippen molar-refractivity contribution in [1.82, 2.24) is 5.32 Å². The molecule has 0 atom stereocenters. The lowest BCUT2D eigenvalue weighted by molar-refractivity contribution is 0.0951. The second-order valence-corrected chi connectivity index (χ2v) is 4.22. The van der Waals surface area contributed by atoms with E-state index in [1.54, 1.807) is 35.6 Å². The van der Waals surface area contributed by atoms with E-state index < -0.39 is 0 Å². The van der Waals surface area contributed by atoms with Gasteiger partial charge in [-0.2, -0.15) is 11.3 Å². The third kappa shape index (κ3) is 2.61. The molecule has 3 N–H and O–H groups in total. The molecular weight excluding hydrogens is 220 g/mol. The Morgan fingerprint density at radius 3 is 2.62 bits per heavy atom. The smallest absolute Gasteiger partial charge is 0.251 e.